The highest BCUT2D eigenvalue weighted by molar-refractivity contribution is 14.0. The van der Waals surface area contributed by atoms with E-state index < -0.39 is 0 Å². The summed E-state index contributed by atoms with van der Waals surface area (Å²) in [6.45, 7) is 7.25. The molecule has 9 heteroatoms. The van der Waals surface area contributed by atoms with Gasteiger partial charge in [-0.2, -0.15) is 0 Å². The van der Waals surface area contributed by atoms with Gasteiger partial charge in [-0.25, -0.2) is 4.98 Å². The van der Waals surface area contributed by atoms with Crippen molar-refractivity contribution in [3.8, 4) is 11.5 Å². The Morgan fingerprint density at radius 2 is 1.82 bits per heavy atom. The average molecular weight is 569 g/mol. The van der Waals surface area contributed by atoms with Crippen LogP contribution in [0.3, 0.4) is 0 Å². The number of piperazine rings is 1. The van der Waals surface area contributed by atoms with Crippen molar-refractivity contribution in [2.45, 2.75) is 13.0 Å². The predicted molar refractivity (Wildman–Crippen MR) is 145 cm³/mol. The molecule has 1 aromatic heterocycles. The number of hydrogen-bond acceptors (Lipinski definition) is 6. The third-order valence-electron chi connectivity index (χ3n) is 5.72. The monoisotopic (exact) mass is 568 g/mol. The fourth-order valence-corrected chi connectivity index (χ4v) is 3.91. The van der Waals surface area contributed by atoms with Crippen LogP contribution in [-0.4, -0.2) is 88.3 Å². The summed E-state index contributed by atoms with van der Waals surface area (Å²) in [6, 6.07) is 12.3. The zero-order chi connectivity index (χ0) is 22.9. The van der Waals surface area contributed by atoms with Gasteiger partial charge in [0.05, 0.1) is 26.8 Å². The summed E-state index contributed by atoms with van der Waals surface area (Å²) in [7, 11) is 7.48. The molecule has 0 saturated carbocycles. The van der Waals surface area contributed by atoms with Crippen LogP contribution < -0.4 is 19.7 Å². The molecule has 0 bridgehead atoms. The predicted octanol–water partition coefficient (Wildman–Crippen LogP) is 3.11. The van der Waals surface area contributed by atoms with Gasteiger partial charge < -0.3 is 29.5 Å². The van der Waals surface area contributed by atoms with Gasteiger partial charge >= 0.3 is 0 Å². The molecule has 1 saturated heterocycles. The number of aliphatic imine (C=N–C) groups is 1. The van der Waals surface area contributed by atoms with Gasteiger partial charge in [-0.15, -0.1) is 24.0 Å². The Hall–Kier alpha value is -2.27. The molecule has 182 valence electrons. The van der Waals surface area contributed by atoms with E-state index in [0.29, 0.717) is 6.54 Å². The summed E-state index contributed by atoms with van der Waals surface area (Å²) >= 11 is 0. The Morgan fingerprint density at radius 3 is 2.39 bits per heavy atom. The maximum atomic E-state index is 5.50. The average Bonchev–Trinajstić information content (AvgIpc) is 2.83. The molecular weight excluding hydrogens is 531 g/mol. The van der Waals surface area contributed by atoms with Crippen molar-refractivity contribution in [3.63, 3.8) is 0 Å². The van der Waals surface area contributed by atoms with E-state index in [2.05, 4.69) is 58.2 Å². The van der Waals surface area contributed by atoms with E-state index in [9.17, 15) is 0 Å². The Bertz CT molecular complexity index is 873. The van der Waals surface area contributed by atoms with Crippen LogP contribution in [0.25, 0.3) is 0 Å². The molecule has 0 amide bonds. The number of anilines is 1. The number of likely N-dealkylation sites (N-methyl/N-ethyl adjacent to an activating group) is 1. The number of benzene rings is 1. The number of ether oxygens (including phenoxy) is 2. The molecule has 33 heavy (non-hydrogen) atoms. The van der Waals surface area contributed by atoms with Crippen LogP contribution >= 0.6 is 24.0 Å². The summed E-state index contributed by atoms with van der Waals surface area (Å²) in [4.78, 5) is 16.4. The van der Waals surface area contributed by atoms with Gasteiger partial charge in [0.1, 0.15) is 5.82 Å². The topological polar surface area (TPSA) is 65.5 Å². The minimum atomic E-state index is 0. The van der Waals surface area contributed by atoms with Crippen LogP contribution in [-0.2, 0) is 0 Å². The molecule has 2 heterocycles. The van der Waals surface area contributed by atoms with Crippen LogP contribution in [0, 0.1) is 0 Å². The molecule has 3 rings (SSSR count). The molecule has 1 N–H and O–H groups in total. The van der Waals surface area contributed by atoms with Gasteiger partial charge in [-0.3, -0.25) is 4.99 Å². The van der Waals surface area contributed by atoms with Crippen LogP contribution in [0.4, 0.5) is 5.82 Å². The van der Waals surface area contributed by atoms with E-state index in [1.807, 2.05) is 30.5 Å². The number of methoxy groups -OCH3 is 2. The number of hydrogen-bond donors (Lipinski definition) is 1. The number of nitrogens with one attached hydrogen (secondary N) is 1. The summed E-state index contributed by atoms with van der Waals surface area (Å²) in [5.41, 5.74) is 1.15. The molecule has 0 radical (unpaired) electrons. The molecule has 1 atom stereocenters. The third kappa shape index (κ3) is 7.10. The Kier molecular flexibility index (Phi) is 11.0. The van der Waals surface area contributed by atoms with Gasteiger partial charge in [-0.05, 0) is 50.8 Å². The summed E-state index contributed by atoms with van der Waals surface area (Å²) in [5.74, 6) is 3.46. The molecule has 1 aliphatic heterocycles. The van der Waals surface area contributed by atoms with Crippen LogP contribution in [0.15, 0.2) is 47.6 Å². The minimum absolute atomic E-state index is 0. The van der Waals surface area contributed by atoms with Crippen molar-refractivity contribution < 1.29 is 9.47 Å². The van der Waals surface area contributed by atoms with Crippen molar-refractivity contribution in [1.82, 2.24) is 20.1 Å². The van der Waals surface area contributed by atoms with Gasteiger partial charge in [0.2, 0.25) is 0 Å². The second-order valence-corrected chi connectivity index (χ2v) is 7.95. The smallest absolute Gasteiger partial charge is 0.194 e. The zero-order valence-electron chi connectivity index (χ0n) is 20.3. The van der Waals surface area contributed by atoms with Gasteiger partial charge in [0, 0.05) is 38.9 Å². The lowest BCUT2D eigenvalue weighted by molar-refractivity contribution is 0.301. The summed E-state index contributed by atoms with van der Waals surface area (Å²) in [6.07, 6.45) is 1.85. The van der Waals surface area contributed by atoms with E-state index in [-0.39, 0.29) is 30.0 Å². The van der Waals surface area contributed by atoms with Crippen molar-refractivity contribution in [1.29, 1.82) is 0 Å². The zero-order valence-corrected chi connectivity index (χ0v) is 22.7. The molecular formula is C24H37IN6O2. The first-order valence-electron chi connectivity index (χ1n) is 11.1. The van der Waals surface area contributed by atoms with E-state index >= 15 is 0 Å². The molecule has 1 aromatic carbocycles. The van der Waals surface area contributed by atoms with Gasteiger partial charge in [-0.1, -0.05) is 12.1 Å². The second-order valence-electron chi connectivity index (χ2n) is 7.95. The normalized spacial score (nSPS) is 15.2. The maximum absolute atomic E-state index is 5.50. The Labute approximate surface area is 215 Å². The van der Waals surface area contributed by atoms with E-state index in [0.717, 1.165) is 61.6 Å². The number of halogens is 1. The van der Waals surface area contributed by atoms with E-state index in [1.54, 1.807) is 14.2 Å². The number of guanidine groups is 1. The fraction of sp³-hybridized carbons (Fsp3) is 0.500. The number of pyridine rings is 1. The van der Waals surface area contributed by atoms with Crippen LogP contribution in [0.1, 0.15) is 18.5 Å². The van der Waals surface area contributed by atoms with Crippen molar-refractivity contribution in [3.05, 3.63) is 48.2 Å². The highest BCUT2D eigenvalue weighted by Gasteiger charge is 2.22. The minimum Gasteiger partial charge on any atom is -0.493 e. The van der Waals surface area contributed by atoms with Crippen molar-refractivity contribution in [2.75, 3.05) is 72.5 Å². The first kappa shape index (κ1) is 27.0. The maximum Gasteiger partial charge on any atom is 0.194 e. The lowest BCUT2D eigenvalue weighted by Gasteiger charge is -2.37. The summed E-state index contributed by atoms with van der Waals surface area (Å²) < 4.78 is 10.9. The SMILES string of the molecule is CCNC(=NCC(c1ccc(OC)c(OC)c1)N(C)C)N1CCN(c2ccccn2)CC1.I. The first-order valence-corrected chi connectivity index (χ1v) is 11.1. The van der Waals surface area contributed by atoms with Crippen molar-refractivity contribution in [2.24, 2.45) is 4.99 Å². The van der Waals surface area contributed by atoms with E-state index in [4.69, 9.17) is 14.5 Å². The Balaban J connectivity index is 0.00000385. The van der Waals surface area contributed by atoms with Gasteiger partial charge in [0.15, 0.2) is 17.5 Å². The summed E-state index contributed by atoms with van der Waals surface area (Å²) in [5, 5.41) is 3.47. The standard InChI is InChI=1S/C24H36N6O2.HI/c1-6-25-24(30-15-13-29(14-16-30)23-9-7-8-12-26-23)27-18-20(28(2)3)19-10-11-21(31-4)22(17-19)32-5;/h7-12,17,20H,6,13-16,18H2,1-5H3,(H,25,27);1H. The number of aromatic nitrogens is 1. The number of nitrogens with zero attached hydrogens (tertiary/aromatic N) is 5. The molecule has 8 nitrogen and oxygen atoms in total. The molecule has 1 aliphatic rings. The third-order valence-corrected chi connectivity index (χ3v) is 5.72. The quantitative estimate of drug-likeness (QED) is 0.298. The van der Waals surface area contributed by atoms with Crippen molar-refractivity contribution >= 4 is 35.8 Å². The first-order chi connectivity index (χ1) is 15.6. The molecule has 1 unspecified atom stereocenters. The Morgan fingerprint density at radius 1 is 1.09 bits per heavy atom. The lowest BCUT2D eigenvalue weighted by Crippen LogP contribution is -2.53. The van der Waals surface area contributed by atoms with E-state index in [1.165, 1.54) is 0 Å². The van der Waals surface area contributed by atoms with Gasteiger partial charge in [0.25, 0.3) is 0 Å². The molecule has 1 fully saturated rings. The highest BCUT2D eigenvalue weighted by atomic mass is 127. The second kappa shape index (κ2) is 13.4. The highest BCUT2D eigenvalue weighted by Crippen LogP contribution is 2.31. The molecule has 0 spiro atoms. The number of rotatable bonds is 8. The molecule has 2 aromatic rings. The fourth-order valence-electron chi connectivity index (χ4n) is 3.91. The van der Waals surface area contributed by atoms with Crippen LogP contribution in [0.5, 0.6) is 11.5 Å². The largest absolute Gasteiger partial charge is 0.493 e. The van der Waals surface area contributed by atoms with Crippen LogP contribution in [0.2, 0.25) is 0 Å². The lowest BCUT2D eigenvalue weighted by atomic mass is 10.1. The molecule has 0 aliphatic carbocycles.